The molecule has 1 aliphatic carbocycles. The van der Waals surface area contributed by atoms with Crippen LogP contribution in [0, 0.1) is 11.2 Å². The van der Waals surface area contributed by atoms with Crippen molar-refractivity contribution >= 4 is 16.9 Å². The molecule has 0 N–H and O–H groups in total. The Hall–Kier alpha value is -3.04. The molecule has 1 spiro atoms. The van der Waals surface area contributed by atoms with Crippen LogP contribution in [0.4, 0.5) is 22.0 Å². The number of pyridine rings is 1. The van der Waals surface area contributed by atoms with Crippen molar-refractivity contribution in [3.05, 3.63) is 48.0 Å². The van der Waals surface area contributed by atoms with E-state index >= 15 is 0 Å². The number of alkyl halides is 4. The van der Waals surface area contributed by atoms with Gasteiger partial charge in [0.1, 0.15) is 17.9 Å². The Morgan fingerprint density at radius 1 is 1.13 bits per heavy atom. The van der Waals surface area contributed by atoms with Gasteiger partial charge in [-0.1, -0.05) is 6.07 Å². The van der Waals surface area contributed by atoms with Gasteiger partial charge in [0.25, 0.3) is 12.3 Å². The molecule has 2 aliphatic rings. The van der Waals surface area contributed by atoms with Gasteiger partial charge in [-0.15, -0.1) is 0 Å². The van der Waals surface area contributed by atoms with E-state index in [1.807, 2.05) is 0 Å². The number of nitrogens with zero attached hydrogens (tertiary/aromatic N) is 4. The normalized spacial score (nSPS) is 18.8. The molecule has 2 aromatic heterocycles. The molecule has 0 bridgehead atoms. The highest BCUT2D eigenvalue weighted by Crippen LogP contribution is 2.65. The van der Waals surface area contributed by atoms with E-state index in [0.29, 0.717) is 22.2 Å². The largest absolute Gasteiger partial charge is 0.339 e. The topological polar surface area (TPSA) is 51.0 Å². The Bertz CT molecular complexity index is 1170. The Morgan fingerprint density at radius 2 is 1.87 bits per heavy atom. The lowest BCUT2D eigenvalue weighted by Crippen LogP contribution is -2.54. The first kappa shape index (κ1) is 19.0. The molecular formula is C20H15F5N4O. The molecule has 1 aromatic carbocycles. The van der Waals surface area contributed by atoms with Gasteiger partial charge in [-0.25, -0.2) is 22.0 Å². The van der Waals surface area contributed by atoms with Gasteiger partial charge in [0, 0.05) is 31.3 Å². The van der Waals surface area contributed by atoms with Crippen molar-refractivity contribution in [2.75, 3.05) is 13.1 Å². The van der Waals surface area contributed by atoms with E-state index in [-0.39, 0.29) is 32.0 Å². The second kappa shape index (κ2) is 6.23. The summed E-state index contributed by atoms with van der Waals surface area (Å²) in [5.41, 5.74) is 0.0151. The van der Waals surface area contributed by atoms with Crippen molar-refractivity contribution in [3.63, 3.8) is 0 Å². The van der Waals surface area contributed by atoms with Crippen LogP contribution in [0.3, 0.4) is 0 Å². The summed E-state index contributed by atoms with van der Waals surface area (Å²) in [7, 11) is 0. The number of likely N-dealkylation sites (tertiary alicyclic amines) is 1. The SMILES string of the molecule is O=C(Cn1ncc2ncc(-c3ccc(F)c(C(F)F)c3)cc21)N1CC2(C1)CC2(F)F. The molecule has 30 heavy (non-hydrogen) atoms. The molecule has 156 valence electrons. The molecule has 1 amide bonds. The summed E-state index contributed by atoms with van der Waals surface area (Å²) in [6, 6.07) is 5.02. The lowest BCUT2D eigenvalue weighted by molar-refractivity contribution is -0.142. The predicted molar refractivity (Wildman–Crippen MR) is 96.5 cm³/mol. The van der Waals surface area contributed by atoms with Gasteiger partial charge in [-0.3, -0.25) is 14.5 Å². The minimum absolute atomic E-state index is 0.0352. The van der Waals surface area contributed by atoms with Gasteiger partial charge < -0.3 is 4.90 Å². The lowest BCUT2D eigenvalue weighted by atomic mass is 9.96. The molecule has 1 saturated heterocycles. The summed E-state index contributed by atoms with van der Waals surface area (Å²) in [5.74, 6) is -4.01. The lowest BCUT2D eigenvalue weighted by Gasteiger charge is -2.39. The fourth-order valence-corrected chi connectivity index (χ4v) is 3.94. The van der Waals surface area contributed by atoms with Crippen LogP contribution < -0.4 is 0 Å². The van der Waals surface area contributed by atoms with Gasteiger partial charge in [-0.2, -0.15) is 5.10 Å². The zero-order valence-corrected chi connectivity index (χ0v) is 15.5. The summed E-state index contributed by atoms with van der Waals surface area (Å²) >= 11 is 0. The number of hydrogen-bond acceptors (Lipinski definition) is 3. The zero-order valence-electron chi connectivity index (χ0n) is 15.5. The smallest absolute Gasteiger partial charge is 0.266 e. The van der Waals surface area contributed by atoms with E-state index in [4.69, 9.17) is 0 Å². The van der Waals surface area contributed by atoms with Gasteiger partial charge >= 0.3 is 0 Å². The minimum atomic E-state index is -2.96. The number of amides is 1. The summed E-state index contributed by atoms with van der Waals surface area (Å²) < 4.78 is 67.6. The highest BCUT2D eigenvalue weighted by molar-refractivity contribution is 5.83. The number of carbonyl (C=O) groups is 1. The Labute approximate surface area is 167 Å². The standard InChI is InChI=1S/C20H15F5N4O/c21-14-2-1-11(3-13(14)18(22)23)12-4-16-15(26-5-12)6-27-29(16)7-17(30)28-9-19(10-28)8-20(19,24)25/h1-6,18H,7-10H2. The van der Waals surface area contributed by atoms with Crippen molar-refractivity contribution in [1.29, 1.82) is 0 Å². The number of fused-ring (bicyclic) bond motifs is 1. The summed E-state index contributed by atoms with van der Waals surface area (Å²) in [6.07, 6.45) is -0.232. The molecule has 2 fully saturated rings. The van der Waals surface area contributed by atoms with E-state index < -0.39 is 29.1 Å². The third kappa shape index (κ3) is 2.85. The molecule has 1 saturated carbocycles. The van der Waals surface area contributed by atoms with Crippen molar-refractivity contribution in [2.24, 2.45) is 5.41 Å². The minimum Gasteiger partial charge on any atom is -0.339 e. The molecule has 5 rings (SSSR count). The third-order valence-corrected chi connectivity index (χ3v) is 5.90. The van der Waals surface area contributed by atoms with Crippen LogP contribution in [0.1, 0.15) is 18.4 Å². The quantitative estimate of drug-likeness (QED) is 0.597. The molecule has 3 aromatic rings. The van der Waals surface area contributed by atoms with E-state index in [9.17, 15) is 26.7 Å². The van der Waals surface area contributed by atoms with E-state index in [0.717, 1.165) is 12.1 Å². The first-order valence-corrected chi connectivity index (χ1v) is 9.24. The second-order valence-electron chi connectivity index (χ2n) is 7.88. The van der Waals surface area contributed by atoms with Crippen LogP contribution in [0.25, 0.3) is 22.2 Å². The van der Waals surface area contributed by atoms with E-state index in [2.05, 4.69) is 10.1 Å². The fourth-order valence-electron chi connectivity index (χ4n) is 3.94. The Balaban J connectivity index is 1.39. The number of rotatable bonds is 4. The van der Waals surface area contributed by atoms with Crippen LogP contribution in [0.15, 0.2) is 36.7 Å². The average molecular weight is 422 g/mol. The molecule has 10 heteroatoms. The van der Waals surface area contributed by atoms with Crippen molar-refractivity contribution in [1.82, 2.24) is 19.7 Å². The first-order valence-electron chi connectivity index (χ1n) is 9.24. The maximum Gasteiger partial charge on any atom is 0.266 e. The molecule has 1 aliphatic heterocycles. The summed E-state index contributed by atoms with van der Waals surface area (Å²) in [4.78, 5) is 18.1. The number of aromatic nitrogens is 3. The van der Waals surface area contributed by atoms with Crippen molar-refractivity contribution in [2.45, 2.75) is 25.3 Å². The Kier molecular flexibility index (Phi) is 3.93. The van der Waals surface area contributed by atoms with Crippen LogP contribution in [-0.2, 0) is 11.3 Å². The molecule has 5 nitrogen and oxygen atoms in total. The maximum atomic E-state index is 13.6. The number of halogens is 5. The van der Waals surface area contributed by atoms with Crippen molar-refractivity contribution < 1.29 is 26.7 Å². The van der Waals surface area contributed by atoms with Crippen LogP contribution in [0.2, 0.25) is 0 Å². The molecule has 0 radical (unpaired) electrons. The van der Waals surface area contributed by atoms with Gasteiger partial charge in [-0.05, 0) is 23.8 Å². The van der Waals surface area contributed by atoms with Gasteiger partial charge in [0.15, 0.2) is 0 Å². The van der Waals surface area contributed by atoms with Gasteiger partial charge in [0.2, 0.25) is 5.91 Å². The van der Waals surface area contributed by atoms with Crippen LogP contribution in [0.5, 0.6) is 0 Å². The first-order chi connectivity index (χ1) is 14.2. The van der Waals surface area contributed by atoms with Crippen molar-refractivity contribution in [3.8, 4) is 11.1 Å². The zero-order chi connectivity index (χ0) is 21.3. The molecule has 0 unspecified atom stereocenters. The fraction of sp³-hybridized carbons (Fsp3) is 0.350. The molecule has 3 heterocycles. The molecular weight excluding hydrogens is 407 g/mol. The third-order valence-electron chi connectivity index (χ3n) is 5.90. The predicted octanol–water partition coefficient (Wildman–Crippen LogP) is 4.04. The average Bonchev–Trinajstić information content (AvgIpc) is 3.05. The van der Waals surface area contributed by atoms with E-state index in [1.165, 1.54) is 28.0 Å². The molecule has 0 atom stereocenters. The number of benzene rings is 1. The van der Waals surface area contributed by atoms with Crippen LogP contribution in [-0.4, -0.2) is 44.6 Å². The summed E-state index contributed by atoms with van der Waals surface area (Å²) in [5, 5.41) is 4.13. The monoisotopic (exact) mass is 422 g/mol. The van der Waals surface area contributed by atoms with Crippen LogP contribution >= 0.6 is 0 Å². The highest BCUT2D eigenvalue weighted by atomic mass is 19.3. The highest BCUT2D eigenvalue weighted by Gasteiger charge is 2.76. The summed E-state index contributed by atoms with van der Waals surface area (Å²) in [6.45, 7) is -0.0803. The maximum absolute atomic E-state index is 13.6. The number of carbonyl (C=O) groups excluding carboxylic acids is 1. The Morgan fingerprint density at radius 3 is 2.53 bits per heavy atom. The van der Waals surface area contributed by atoms with E-state index in [1.54, 1.807) is 6.07 Å². The van der Waals surface area contributed by atoms with Gasteiger partial charge in [0.05, 0.1) is 22.7 Å². The second-order valence-corrected chi connectivity index (χ2v) is 7.88. The number of hydrogen-bond donors (Lipinski definition) is 0.